The summed E-state index contributed by atoms with van der Waals surface area (Å²) >= 11 is 0. The van der Waals surface area contributed by atoms with Gasteiger partial charge in [0.2, 0.25) is 11.8 Å². The average molecular weight is 1100 g/mol. The molecular formula is C61H55N5O15. The number of hydrogen-bond donors (Lipinski definition) is 2. The first-order valence-electron chi connectivity index (χ1n) is 26.1. The number of hydrogen-bond acceptors (Lipinski definition) is 17. The van der Waals surface area contributed by atoms with Crippen molar-refractivity contribution >= 4 is 58.6 Å². The molecule has 4 aliphatic rings. The minimum atomic E-state index is -2.30. The lowest BCUT2D eigenvalue weighted by Gasteiger charge is -2.46. The fourth-order valence-electron chi connectivity index (χ4n) is 11.4. The van der Waals surface area contributed by atoms with Crippen molar-refractivity contribution in [3.63, 3.8) is 0 Å². The van der Waals surface area contributed by atoms with Crippen LogP contribution in [0.5, 0.6) is 5.75 Å². The number of cyclic esters (lactones) is 1. The predicted octanol–water partition coefficient (Wildman–Crippen LogP) is 7.15. The van der Waals surface area contributed by atoms with Crippen LogP contribution in [0.15, 0.2) is 152 Å². The number of rotatable bonds is 15. The quantitative estimate of drug-likeness (QED) is 0.0259. The fourth-order valence-corrected chi connectivity index (χ4v) is 11.4. The Hall–Kier alpha value is -9.42. The second-order valence-electron chi connectivity index (χ2n) is 19.5. The Morgan fingerprint density at radius 2 is 1.47 bits per heavy atom. The highest BCUT2D eigenvalue weighted by Crippen LogP contribution is 2.66. The molecule has 0 saturated carbocycles. The number of aliphatic hydroxyl groups excluding tert-OH is 1. The minimum Gasteiger partial charge on any atom is -0.491 e. The van der Waals surface area contributed by atoms with E-state index in [1.807, 2.05) is 65.6 Å². The number of aliphatic hydroxyl groups is 1. The van der Waals surface area contributed by atoms with Crippen LogP contribution in [0, 0.1) is 33.8 Å². The number of amides is 3. The number of morpholine rings is 2. The third-order valence-corrected chi connectivity index (χ3v) is 15.0. The highest BCUT2D eigenvalue weighted by atomic mass is 16.6. The van der Waals surface area contributed by atoms with Crippen molar-refractivity contribution in [2.75, 3.05) is 68.9 Å². The van der Waals surface area contributed by atoms with E-state index in [2.05, 4.69) is 22.1 Å². The van der Waals surface area contributed by atoms with E-state index in [1.165, 1.54) is 36.4 Å². The number of imide groups is 1. The summed E-state index contributed by atoms with van der Waals surface area (Å²) in [5.41, 5.74) is 0.909. The van der Waals surface area contributed by atoms with Gasteiger partial charge in [-0.15, -0.1) is 0 Å². The highest BCUT2D eigenvalue weighted by Gasteiger charge is 2.76. The van der Waals surface area contributed by atoms with Gasteiger partial charge in [0, 0.05) is 48.6 Å². The van der Waals surface area contributed by atoms with Crippen LogP contribution >= 0.6 is 0 Å². The zero-order valence-electron chi connectivity index (χ0n) is 44.0. The zero-order valence-corrected chi connectivity index (χ0v) is 44.0. The topological polar surface area (TPSA) is 243 Å². The molecule has 2 N–H and O–H groups in total. The number of benzene rings is 6. The number of fused-ring (bicyclic) bond motifs is 3. The van der Waals surface area contributed by atoms with E-state index in [0.29, 0.717) is 54.2 Å². The third kappa shape index (κ3) is 10.6. The summed E-state index contributed by atoms with van der Waals surface area (Å²) in [6.07, 6.45) is -2.57. The van der Waals surface area contributed by atoms with E-state index in [4.69, 9.17) is 28.4 Å². The molecule has 3 amide bonds. The Kier molecular flexibility index (Phi) is 16.2. The zero-order chi connectivity index (χ0) is 56.8. The van der Waals surface area contributed by atoms with Gasteiger partial charge in [-0.05, 0) is 94.5 Å². The Morgan fingerprint density at radius 3 is 2.12 bits per heavy atom. The van der Waals surface area contributed by atoms with Crippen molar-refractivity contribution in [2.24, 2.45) is 11.8 Å². The second-order valence-corrected chi connectivity index (χ2v) is 19.5. The Labute approximate surface area is 465 Å². The number of anilines is 3. The molecule has 20 heteroatoms. The molecule has 20 nitrogen and oxygen atoms in total. The monoisotopic (exact) mass is 1100 g/mol. The van der Waals surface area contributed by atoms with Crippen LogP contribution in [0.3, 0.4) is 0 Å². The maximum absolute atomic E-state index is 16.8. The van der Waals surface area contributed by atoms with Gasteiger partial charge in [-0.3, -0.25) is 39.0 Å². The molecule has 0 bridgehead atoms. The molecule has 0 aromatic heterocycles. The third-order valence-electron chi connectivity index (χ3n) is 15.0. The van der Waals surface area contributed by atoms with Crippen LogP contribution in [0.4, 0.5) is 27.5 Å². The van der Waals surface area contributed by atoms with Crippen LogP contribution in [0.25, 0.3) is 0 Å². The number of carbonyl (C=O) groups is 6. The molecule has 0 unspecified atom stereocenters. The van der Waals surface area contributed by atoms with Gasteiger partial charge in [0.1, 0.15) is 36.5 Å². The fraction of sp³-hybridized carbons (Fsp3) is 0.279. The number of nitrogens with zero attached hydrogens (tertiary/aromatic N) is 4. The number of nitrogens with one attached hydrogen (secondary N) is 1. The molecule has 3 saturated heterocycles. The average Bonchev–Trinajstić information content (AvgIpc) is 4.15. The molecule has 0 aliphatic carbocycles. The Balaban J connectivity index is 1.22. The smallest absolute Gasteiger partial charge is 0.421 e. The maximum atomic E-state index is 16.8. The Bertz CT molecular complexity index is 3400. The predicted molar refractivity (Wildman–Crippen MR) is 291 cm³/mol. The van der Waals surface area contributed by atoms with Crippen molar-refractivity contribution in [1.29, 1.82) is 0 Å². The number of methoxy groups -OCH3 is 2. The molecule has 1 spiro atoms. The first kappa shape index (κ1) is 54.9. The van der Waals surface area contributed by atoms with Crippen LogP contribution in [0.2, 0.25) is 0 Å². The van der Waals surface area contributed by atoms with E-state index >= 15 is 19.2 Å². The highest BCUT2D eigenvalue weighted by molar-refractivity contribution is 6.24. The molecule has 3 fully saturated rings. The summed E-state index contributed by atoms with van der Waals surface area (Å²) in [5.74, 6) is -1.39. The normalized spacial score (nSPS) is 21.0. The lowest BCUT2D eigenvalue weighted by atomic mass is 9.65. The van der Waals surface area contributed by atoms with Crippen LogP contribution in [0.1, 0.15) is 58.0 Å². The largest absolute Gasteiger partial charge is 0.491 e. The van der Waals surface area contributed by atoms with Gasteiger partial charge in [0.05, 0.1) is 62.7 Å². The maximum Gasteiger partial charge on any atom is 0.421 e. The summed E-state index contributed by atoms with van der Waals surface area (Å²) in [4.78, 5) is 105. The minimum absolute atomic E-state index is 0.0318. The van der Waals surface area contributed by atoms with Gasteiger partial charge >= 0.3 is 24.0 Å². The van der Waals surface area contributed by atoms with Gasteiger partial charge in [-0.1, -0.05) is 84.6 Å². The van der Waals surface area contributed by atoms with E-state index in [9.17, 15) is 24.8 Å². The van der Waals surface area contributed by atoms with Gasteiger partial charge in [-0.2, -0.15) is 0 Å². The number of nitro benzene ring substituents is 1. The van der Waals surface area contributed by atoms with Crippen LogP contribution in [-0.2, 0) is 59.7 Å². The van der Waals surface area contributed by atoms with Crippen molar-refractivity contribution in [3.05, 3.63) is 195 Å². The summed E-state index contributed by atoms with van der Waals surface area (Å²) < 4.78 is 33.8. The van der Waals surface area contributed by atoms with Crippen LogP contribution < -0.4 is 19.9 Å². The SMILES string of the molecule is COC(=O)C(CC#Cc1ccc2c(c1)[C@]1(C(=O)N2C(=O)OCc2ccc([N+](=O)[O-])cc2)[C@H](c2cccc(OCCO)c2)N2[C@H](c3ccccc3)[C@H](c3ccccc3)OC(=O)[C@H]2[C@@H]1C(=O)Nc1ccc(N2CCOCC2)cc1)C(=O)OC. The van der Waals surface area contributed by atoms with Gasteiger partial charge in [-0.25, -0.2) is 9.69 Å². The van der Waals surface area contributed by atoms with Gasteiger partial charge in [0.15, 0.2) is 5.92 Å². The van der Waals surface area contributed by atoms with Crippen molar-refractivity contribution < 1.29 is 67.2 Å². The van der Waals surface area contributed by atoms with E-state index in [0.717, 1.165) is 24.8 Å². The molecule has 81 heavy (non-hydrogen) atoms. The van der Waals surface area contributed by atoms with Crippen molar-refractivity contribution in [3.8, 4) is 17.6 Å². The number of non-ortho nitro benzene ring substituents is 1. The van der Waals surface area contributed by atoms with E-state index in [-0.39, 0.29) is 47.9 Å². The summed E-state index contributed by atoms with van der Waals surface area (Å²) in [6, 6.07) is 38.1. The molecule has 4 aliphatic heterocycles. The number of nitro groups is 1. The molecule has 6 atom stereocenters. The van der Waals surface area contributed by atoms with Gasteiger partial charge < -0.3 is 43.7 Å². The van der Waals surface area contributed by atoms with E-state index in [1.54, 1.807) is 54.6 Å². The first-order chi connectivity index (χ1) is 39.4. The van der Waals surface area contributed by atoms with Crippen molar-refractivity contribution in [2.45, 2.75) is 42.7 Å². The molecule has 4 heterocycles. The lowest BCUT2D eigenvalue weighted by Crippen LogP contribution is -2.54. The summed E-state index contributed by atoms with van der Waals surface area (Å²) in [7, 11) is 2.25. The standard InChI is InChI=1S/C61H55N5O15/c1-76-56(69)47(57(70)77-2)18-9-11-38-21-28-49-48(35-38)61(59(72)64(49)60(73)80-37-39-19-24-45(25-20-39)66(74)75)50(55(68)62-43-22-26-44(27-23-43)63-29-32-78-33-30-63)52-58(71)81-53(41-14-7-4-8-15-41)51(40-12-5-3-6-13-40)65(52)54(61)42-16-10-17-46(36-42)79-34-31-67/h3-8,10,12-17,19-28,35-36,47,50-54,67H,18,29-34,37H2,1-2H3,(H,62,68)/t50-,51-,52-,53+,54+,61-/m1/s1. The number of ether oxygens (including phenoxy) is 6. The first-order valence-corrected chi connectivity index (χ1v) is 26.1. The lowest BCUT2D eigenvalue weighted by molar-refractivity contribution is -0.384. The molecule has 10 rings (SSSR count). The second kappa shape index (κ2) is 23.9. The van der Waals surface area contributed by atoms with Gasteiger partial charge in [0.25, 0.3) is 5.69 Å². The molecule has 0 radical (unpaired) electrons. The van der Waals surface area contributed by atoms with E-state index < -0.39 is 88.8 Å². The van der Waals surface area contributed by atoms with Crippen molar-refractivity contribution in [1.82, 2.24) is 4.90 Å². The molecule has 6 aromatic carbocycles. The van der Waals surface area contributed by atoms with Crippen LogP contribution in [-0.4, -0.2) is 111 Å². The molecular weight excluding hydrogens is 1040 g/mol. The Morgan fingerprint density at radius 1 is 0.802 bits per heavy atom. The summed E-state index contributed by atoms with van der Waals surface area (Å²) in [5, 5.41) is 24.5. The number of esters is 3. The molecule has 414 valence electrons. The molecule has 6 aromatic rings. The number of carbonyl (C=O) groups excluding carboxylic acids is 6. The summed E-state index contributed by atoms with van der Waals surface area (Å²) in [6.45, 7) is 1.48.